The number of aromatic amines is 1. The van der Waals surface area contributed by atoms with Gasteiger partial charge in [-0.3, -0.25) is 14.5 Å². The maximum absolute atomic E-state index is 13.0. The highest BCUT2D eigenvalue weighted by molar-refractivity contribution is 7.71. The van der Waals surface area contributed by atoms with Crippen molar-refractivity contribution in [2.75, 3.05) is 6.61 Å². The summed E-state index contributed by atoms with van der Waals surface area (Å²) in [6.45, 7) is 3.74. The molecule has 2 aromatic carbocycles. The van der Waals surface area contributed by atoms with Crippen LogP contribution in [0.3, 0.4) is 0 Å². The minimum atomic E-state index is 0.155. The predicted octanol–water partition coefficient (Wildman–Crippen LogP) is 4.59. The summed E-state index contributed by atoms with van der Waals surface area (Å²) in [6.07, 6.45) is 2.56. The largest absolute Gasteiger partial charge is 0.494 e. The Morgan fingerprint density at radius 2 is 1.93 bits per heavy atom. The number of ether oxygens (including phenoxy) is 1. The summed E-state index contributed by atoms with van der Waals surface area (Å²) >= 11 is 5.42. The lowest BCUT2D eigenvalue weighted by Gasteiger charge is -2.23. The molecule has 1 fully saturated rings. The zero-order valence-electron chi connectivity index (χ0n) is 17.1. The molecular formula is C23H26N4O2S. The molecule has 1 aliphatic rings. The van der Waals surface area contributed by atoms with Crippen LogP contribution in [0.5, 0.6) is 5.75 Å². The first-order valence-electron chi connectivity index (χ1n) is 10.4. The average molecular weight is 423 g/mol. The van der Waals surface area contributed by atoms with Crippen LogP contribution < -0.4 is 4.74 Å². The third-order valence-corrected chi connectivity index (χ3v) is 5.55. The Morgan fingerprint density at radius 1 is 1.20 bits per heavy atom. The lowest BCUT2D eigenvalue weighted by molar-refractivity contribution is -0.132. The highest BCUT2D eigenvalue weighted by atomic mass is 32.1. The molecule has 0 spiro atoms. The number of hydrogen-bond acceptors (Lipinski definition) is 4. The van der Waals surface area contributed by atoms with Gasteiger partial charge in [-0.25, -0.2) is 0 Å². The van der Waals surface area contributed by atoms with Crippen LogP contribution in [0.4, 0.5) is 0 Å². The fourth-order valence-corrected chi connectivity index (χ4v) is 3.77. The molecule has 1 amide bonds. The minimum absolute atomic E-state index is 0.155. The third kappa shape index (κ3) is 4.79. The van der Waals surface area contributed by atoms with Crippen LogP contribution in [0.15, 0.2) is 54.6 Å². The molecule has 0 bridgehead atoms. The molecule has 0 radical (unpaired) electrons. The van der Waals surface area contributed by atoms with Crippen LogP contribution in [-0.4, -0.2) is 38.2 Å². The molecule has 1 heterocycles. The number of carbonyl (C=O) groups excluding carboxylic acids is 1. The van der Waals surface area contributed by atoms with Gasteiger partial charge >= 0.3 is 0 Å². The van der Waals surface area contributed by atoms with Gasteiger partial charge in [0.25, 0.3) is 0 Å². The molecule has 6 nitrogen and oxygen atoms in total. The van der Waals surface area contributed by atoms with Gasteiger partial charge in [0.2, 0.25) is 5.91 Å². The Hall–Kier alpha value is -2.93. The van der Waals surface area contributed by atoms with Gasteiger partial charge in [-0.15, -0.1) is 0 Å². The van der Waals surface area contributed by atoms with Crippen LogP contribution in [-0.2, 0) is 17.9 Å². The van der Waals surface area contributed by atoms with Gasteiger partial charge in [0.05, 0.1) is 6.61 Å². The molecule has 30 heavy (non-hydrogen) atoms. The van der Waals surface area contributed by atoms with Gasteiger partial charge in [0.15, 0.2) is 10.6 Å². The Labute approximate surface area is 181 Å². The SMILES string of the molecule is CCOc1ccc(-c2n[nH]c(=S)n2CCC(=O)N(Cc2ccccc2)C2CC2)cc1. The summed E-state index contributed by atoms with van der Waals surface area (Å²) in [5.41, 5.74) is 2.09. The third-order valence-electron chi connectivity index (χ3n) is 5.23. The fourth-order valence-electron chi connectivity index (χ4n) is 3.55. The quantitative estimate of drug-likeness (QED) is 0.513. The van der Waals surface area contributed by atoms with E-state index in [1.54, 1.807) is 0 Å². The normalized spacial score (nSPS) is 13.2. The number of H-pyrrole nitrogens is 1. The van der Waals surface area contributed by atoms with Crippen molar-refractivity contribution in [2.45, 2.75) is 45.3 Å². The predicted molar refractivity (Wildman–Crippen MR) is 119 cm³/mol. The number of benzene rings is 2. The second kappa shape index (κ2) is 9.26. The molecule has 1 N–H and O–H groups in total. The van der Waals surface area contributed by atoms with Gasteiger partial charge in [0, 0.05) is 31.1 Å². The fraction of sp³-hybridized carbons (Fsp3) is 0.348. The van der Waals surface area contributed by atoms with E-state index in [0.717, 1.165) is 35.5 Å². The molecule has 1 aromatic heterocycles. The number of carbonyl (C=O) groups is 1. The summed E-state index contributed by atoms with van der Waals surface area (Å²) in [5.74, 6) is 1.71. The van der Waals surface area contributed by atoms with Gasteiger partial charge in [-0.2, -0.15) is 5.10 Å². The zero-order chi connectivity index (χ0) is 20.9. The molecule has 7 heteroatoms. The molecular weight excluding hydrogens is 396 g/mol. The topological polar surface area (TPSA) is 63.1 Å². The first-order chi connectivity index (χ1) is 14.7. The van der Waals surface area contributed by atoms with Gasteiger partial charge in [0.1, 0.15) is 5.75 Å². The number of nitrogens with one attached hydrogen (secondary N) is 1. The van der Waals surface area contributed by atoms with Crippen molar-refractivity contribution < 1.29 is 9.53 Å². The van der Waals surface area contributed by atoms with E-state index in [-0.39, 0.29) is 5.91 Å². The van der Waals surface area contributed by atoms with E-state index in [2.05, 4.69) is 22.3 Å². The first-order valence-corrected chi connectivity index (χ1v) is 10.8. The second-order valence-electron chi connectivity index (χ2n) is 7.45. The summed E-state index contributed by atoms with van der Waals surface area (Å²) in [6, 6.07) is 18.3. The highest BCUT2D eigenvalue weighted by Crippen LogP contribution is 2.29. The Morgan fingerprint density at radius 3 is 2.60 bits per heavy atom. The Balaban J connectivity index is 1.46. The minimum Gasteiger partial charge on any atom is -0.494 e. The monoisotopic (exact) mass is 422 g/mol. The van der Waals surface area contributed by atoms with E-state index in [9.17, 15) is 4.79 Å². The van der Waals surface area contributed by atoms with E-state index >= 15 is 0 Å². The van der Waals surface area contributed by atoms with Crippen molar-refractivity contribution in [3.05, 3.63) is 64.9 Å². The van der Waals surface area contributed by atoms with Crippen molar-refractivity contribution in [1.29, 1.82) is 0 Å². The van der Waals surface area contributed by atoms with Gasteiger partial charge in [-0.05, 0) is 61.8 Å². The molecule has 0 atom stereocenters. The summed E-state index contributed by atoms with van der Waals surface area (Å²) in [4.78, 5) is 15.0. The van der Waals surface area contributed by atoms with Crippen LogP contribution >= 0.6 is 12.2 Å². The lowest BCUT2D eigenvalue weighted by Crippen LogP contribution is -2.33. The number of rotatable bonds is 9. The van der Waals surface area contributed by atoms with Crippen molar-refractivity contribution in [3.63, 3.8) is 0 Å². The summed E-state index contributed by atoms with van der Waals surface area (Å²) in [5, 5.41) is 7.24. The number of aromatic nitrogens is 3. The van der Waals surface area contributed by atoms with Crippen LogP contribution in [0.2, 0.25) is 0 Å². The maximum Gasteiger partial charge on any atom is 0.224 e. The highest BCUT2D eigenvalue weighted by Gasteiger charge is 2.32. The molecule has 156 valence electrons. The number of nitrogens with zero attached hydrogens (tertiary/aromatic N) is 3. The van der Waals surface area contributed by atoms with Gasteiger partial charge in [-0.1, -0.05) is 30.3 Å². The van der Waals surface area contributed by atoms with Crippen molar-refractivity contribution in [2.24, 2.45) is 0 Å². The van der Waals surface area contributed by atoms with E-state index in [1.165, 1.54) is 0 Å². The Kier molecular flexibility index (Phi) is 6.28. The Bertz CT molecular complexity index is 1040. The molecule has 1 saturated carbocycles. The molecule has 4 rings (SSSR count). The molecule has 1 aliphatic carbocycles. The second-order valence-corrected chi connectivity index (χ2v) is 7.84. The molecule has 0 aliphatic heterocycles. The summed E-state index contributed by atoms with van der Waals surface area (Å²) in [7, 11) is 0. The molecule has 3 aromatic rings. The van der Waals surface area contributed by atoms with E-state index < -0.39 is 0 Å². The smallest absolute Gasteiger partial charge is 0.224 e. The van der Waals surface area contributed by atoms with Crippen molar-refractivity contribution in [1.82, 2.24) is 19.7 Å². The standard InChI is InChI=1S/C23H26N4O2S/c1-2-29-20-12-8-18(9-13-20)22-24-25-23(30)26(22)15-14-21(28)27(19-10-11-19)16-17-6-4-3-5-7-17/h3-9,12-13,19H,2,10-11,14-16H2,1H3,(H,25,30). The van der Waals surface area contributed by atoms with E-state index in [0.29, 0.717) is 36.9 Å². The molecule has 0 unspecified atom stereocenters. The summed E-state index contributed by atoms with van der Waals surface area (Å²) < 4.78 is 7.93. The van der Waals surface area contributed by atoms with E-state index in [1.807, 2.05) is 58.9 Å². The average Bonchev–Trinajstić information content (AvgIpc) is 3.54. The zero-order valence-corrected chi connectivity index (χ0v) is 17.9. The first kappa shape index (κ1) is 20.3. The van der Waals surface area contributed by atoms with Crippen LogP contribution in [0.25, 0.3) is 11.4 Å². The van der Waals surface area contributed by atoms with Crippen LogP contribution in [0.1, 0.15) is 31.7 Å². The number of hydrogen-bond donors (Lipinski definition) is 1. The van der Waals surface area contributed by atoms with Gasteiger partial charge < -0.3 is 9.64 Å². The van der Waals surface area contributed by atoms with E-state index in [4.69, 9.17) is 17.0 Å². The van der Waals surface area contributed by atoms with Crippen LogP contribution in [0, 0.1) is 4.77 Å². The lowest BCUT2D eigenvalue weighted by atomic mass is 10.2. The van der Waals surface area contributed by atoms with Crippen molar-refractivity contribution >= 4 is 18.1 Å². The maximum atomic E-state index is 13.0. The number of amides is 1. The van der Waals surface area contributed by atoms with Crippen molar-refractivity contribution in [3.8, 4) is 17.1 Å². The molecule has 0 saturated heterocycles.